The van der Waals surface area contributed by atoms with E-state index in [1.807, 2.05) is 39.1 Å². The van der Waals surface area contributed by atoms with Crippen molar-refractivity contribution in [1.82, 2.24) is 14.9 Å². The molecule has 0 bridgehead atoms. The summed E-state index contributed by atoms with van der Waals surface area (Å²) in [5.41, 5.74) is 3.68. The minimum Gasteiger partial charge on any atom is -0.372 e. The lowest BCUT2D eigenvalue weighted by Gasteiger charge is -2.10. The summed E-state index contributed by atoms with van der Waals surface area (Å²) < 4.78 is 2.06. The van der Waals surface area contributed by atoms with E-state index in [2.05, 4.69) is 20.2 Å². The first kappa shape index (κ1) is 14.1. The average molecular weight is 272 g/mol. The predicted molar refractivity (Wildman–Crippen MR) is 79.8 cm³/mol. The van der Waals surface area contributed by atoms with E-state index in [1.165, 1.54) is 5.69 Å². The molecule has 0 spiro atoms. The number of carbonyl (C=O) groups is 1. The smallest absolute Gasteiger partial charge is 0.255 e. The van der Waals surface area contributed by atoms with E-state index in [-0.39, 0.29) is 5.91 Å². The molecule has 0 fully saturated rings. The second kappa shape index (κ2) is 5.77. The molecular formula is C15H20N4O. The summed E-state index contributed by atoms with van der Waals surface area (Å²) in [6.45, 7) is 4.43. The monoisotopic (exact) mass is 272 g/mol. The van der Waals surface area contributed by atoms with E-state index in [0.717, 1.165) is 11.4 Å². The molecule has 0 radical (unpaired) electrons. The van der Waals surface area contributed by atoms with Crippen molar-refractivity contribution in [3.8, 4) is 0 Å². The molecule has 0 aromatic carbocycles. The molecule has 5 heteroatoms. The summed E-state index contributed by atoms with van der Waals surface area (Å²) in [6, 6.07) is 7.68. The molecular weight excluding hydrogens is 252 g/mol. The number of hydrogen-bond donors (Lipinski definition) is 2. The molecule has 2 N–H and O–H groups in total. The molecule has 5 nitrogen and oxygen atoms in total. The molecule has 20 heavy (non-hydrogen) atoms. The van der Waals surface area contributed by atoms with Gasteiger partial charge in [-0.15, -0.1) is 0 Å². The Morgan fingerprint density at radius 2 is 2.00 bits per heavy atom. The zero-order valence-corrected chi connectivity index (χ0v) is 12.3. The highest BCUT2D eigenvalue weighted by Gasteiger charge is 2.12. The molecule has 2 aromatic heterocycles. The Hall–Kier alpha value is -2.30. The molecule has 2 aromatic rings. The zero-order valence-electron chi connectivity index (χ0n) is 12.3. The van der Waals surface area contributed by atoms with Crippen LogP contribution < -0.4 is 10.6 Å². The number of aromatic nitrogens is 2. The Balaban J connectivity index is 2.11. The maximum atomic E-state index is 12.2. The Morgan fingerprint density at radius 3 is 2.60 bits per heavy atom. The van der Waals surface area contributed by atoms with Crippen LogP contribution >= 0.6 is 0 Å². The summed E-state index contributed by atoms with van der Waals surface area (Å²) >= 11 is 0. The fourth-order valence-electron chi connectivity index (χ4n) is 2.04. The quantitative estimate of drug-likeness (QED) is 0.895. The number of amides is 1. The van der Waals surface area contributed by atoms with Gasteiger partial charge in [-0.1, -0.05) is 0 Å². The van der Waals surface area contributed by atoms with Crippen molar-refractivity contribution in [3.63, 3.8) is 0 Å². The van der Waals surface area contributed by atoms with Crippen LogP contribution in [-0.2, 0) is 13.6 Å². The Morgan fingerprint density at radius 1 is 1.25 bits per heavy atom. The summed E-state index contributed by atoms with van der Waals surface area (Å²) in [7, 11) is 3.75. The fraction of sp³-hybridized carbons (Fsp3) is 0.333. The van der Waals surface area contributed by atoms with Gasteiger partial charge in [-0.25, -0.2) is 4.98 Å². The van der Waals surface area contributed by atoms with Gasteiger partial charge in [0.25, 0.3) is 5.91 Å². The normalized spacial score (nSPS) is 10.4. The number of carbonyl (C=O) groups excluding carboxylic acids is 1. The van der Waals surface area contributed by atoms with Crippen molar-refractivity contribution in [2.24, 2.45) is 7.05 Å². The first-order valence-corrected chi connectivity index (χ1v) is 6.57. The third-order valence-corrected chi connectivity index (χ3v) is 3.42. The van der Waals surface area contributed by atoms with Crippen LogP contribution in [0.15, 0.2) is 24.3 Å². The first-order chi connectivity index (χ1) is 9.52. The molecule has 0 aliphatic carbocycles. The summed E-state index contributed by atoms with van der Waals surface area (Å²) in [5, 5.41) is 5.88. The Kier molecular flexibility index (Phi) is 4.08. The summed E-state index contributed by atoms with van der Waals surface area (Å²) in [6.07, 6.45) is 0. The van der Waals surface area contributed by atoms with E-state index in [9.17, 15) is 4.79 Å². The molecule has 0 unspecified atom stereocenters. The van der Waals surface area contributed by atoms with E-state index < -0.39 is 0 Å². The van der Waals surface area contributed by atoms with Gasteiger partial charge in [0.15, 0.2) is 0 Å². The minimum atomic E-state index is -0.124. The molecule has 2 heterocycles. The number of aryl methyl sites for hydroxylation is 2. The lowest BCUT2D eigenvalue weighted by molar-refractivity contribution is 0.0950. The van der Waals surface area contributed by atoms with Crippen molar-refractivity contribution in [1.29, 1.82) is 0 Å². The van der Waals surface area contributed by atoms with Crippen molar-refractivity contribution < 1.29 is 4.79 Å². The molecule has 106 valence electrons. The Labute approximate surface area is 119 Å². The molecule has 2 rings (SSSR count). The topological polar surface area (TPSA) is 59.0 Å². The minimum absolute atomic E-state index is 0.124. The highest BCUT2D eigenvalue weighted by Crippen LogP contribution is 2.13. The van der Waals surface area contributed by atoms with Crippen LogP contribution in [0.25, 0.3) is 0 Å². The van der Waals surface area contributed by atoms with Crippen LogP contribution in [0.5, 0.6) is 0 Å². The zero-order chi connectivity index (χ0) is 14.7. The van der Waals surface area contributed by atoms with Crippen LogP contribution in [-0.4, -0.2) is 22.5 Å². The van der Waals surface area contributed by atoms with Gasteiger partial charge in [0.2, 0.25) is 0 Å². The molecule has 0 aliphatic heterocycles. The Bertz CT molecular complexity index is 631. The van der Waals surface area contributed by atoms with Gasteiger partial charge in [0.1, 0.15) is 5.82 Å². The third kappa shape index (κ3) is 2.82. The third-order valence-electron chi connectivity index (χ3n) is 3.42. The first-order valence-electron chi connectivity index (χ1n) is 6.57. The maximum Gasteiger partial charge on any atom is 0.255 e. The molecule has 0 aliphatic rings. The number of hydrogen-bond acceptors (Lipinski definition) is 3. The van der Waals surface area contributed by atoms with Crippen LogP contribution in [0, 0.1) is 13.8 Å². The van der Waals surface area contributed by atoms with Gasteiger partial charge in [0.05, 0.1) is 12.1 Å². The molecule has 0 saturated carbocycles. The van der Waals surface area contributed by atoms with E-state index in [0.29, 0.717) is 17.9 Å². The van der Waals surface area contributed by atoms with Crippen molar-refractivity contribution in [2.75, 3.05) is 12.4 Å². The number of anilines is 1. The average Bonchev–Trinajstić information content (AvgIpc) is 2.76. The van der Waals surface area contributed by atoms with Crippen LogP contribution in [0.2, 0.25) is 0 Å². The number of rotatable bonds is 4. The maximum absolute atomic E-state index is 12.2. The summed E-state index contributed by atoms with van der Waals surface area (Å²) in [5.74, 6) is 0.478. The lowest BCUT2D eigenvalue weighted by Crippen LogP contribution is -2.25. The SMILES string of the molecule is CNc1nc(C)ccc1C(=O)NCc1ccc(C)n1C. The highest BCUT2D eigenvalue weighted by atomic mass is 16.1. The number of nitrogens with one attached hydrogen (secondary N) is 2. The van der Waals surface area contributed by atoms with Crippen molar-refractivity contribution in [2.45, 2.75) is 20.4 Å². The summed E-state index contributed by atoms with van der Waals surface area (Å²) in [4.78, 5) is 16.5. The standard InChI is InChI=1S/C15H20N4O/c1-10-5-8-13(14(16-3)18-10)15(20)17-9-12-7-6-11(2)19(12)4/h5-8H,9H2,1-4H3,(H,16,18)(H,17,20). The van der Waals surface area contributed by atoms with Crippen LogP contribution in [0.1, 0.15) is 27.4 Å². The van der Waals surface area contributed by atoms with Gasteiger partial charge in [-0.2, -0.15) is 0 Å². The largest absolute Gasteiger partial charge is 0.372 e. The second-order valence-corrected chi connectivity index (χ2v) is 4.81. The van der Waals surface area contributed by atoms with E-state index in [4.69, 9.17) is 0 Å². The predicted octanol–water partition coefficient (Wildman–Crippen LogP) is 2.01. The highest BCUT2D eigenvalue weighted by molar-refractivity contribution is 5.98. The number of nitrogens with zero attached hydrogens (tertiary/aromatic N) is 2. The lowest BCUT2D eigenvalue weighted by atomic mass is 10.2. The van der Waals surface area contributed by atoms with Crippen molar-refractivity contribution >= 4 is 11.7 Å². The van der Waals surface area contributed by atoms with Crippen molar-refractivity contribution in [3.05, 3.63) is 46.9 Å². The van der Waals surface area contributed by atoms with Crippen LogP contribution in [0.3, 0.4) is 0 Å². The van der Waals surface area contributed by atoms with E-state index >= 15 is 0 Å². The van der Waals surface area contributed by atoms with Crippen LogP contribution in [0.4, 0.5) is 5.82 Å². The number of pyridine rings is 1. The van der Waals surface area contributed by atoms with Gasteiger partial charge in [-0.3, -0.25) is 4.79 Å². The van der Waals surface area contributed by atoms with Gasteiger partial charge in [0, 0.05) is 31.2 Å². The molecule has 0 atom stereocenters. The van der Waals surface area contributed by atoms with Gasteiger partial charge in [-0.05, 0) is 38.1 Å². The van der Waals surface area contributed by atoms with Gasteiger partial charge >= 0.3 is 0 Å². The molecule has 0 saturated heterocycles. The molecule has 1 amide bonds. The fourth-order valence-corrected chi connectivity index (χ4v) is 2.04. The van der Waals surface area contributed by atoms with E-state index in [1.54, 1.807) is 13.1 Å². The second-order valence-electron chi connectivity index (χ2n) is 4.81. The van der Waals surface area contributed by atoms with Gasteiger partial charge < -0.3 is 15.2 Å².